The van der Waals surface area contributed by atoms with Crippen LogP contribution < -0.4 is 10.6 Å². The van der Waals surface area contributed by atoms with Crippen LogP contribution in [0.5, 0.6) is 0 Å². The lowest BCUT2D eigenvalue weighted by Crippen LogP contribution is -2.16. The summed E-state index contributed by atoms with van der Waals surface area (Å²) >= 11 is 0. The number of carbonyl (C=O) groups is 2. The number of nitrogens with zero attached hydrogens (tertiary/aromatic N) is 2. The van der Waals surface area contributed by atoms with E-state index >= 15 is 0 Å². The van der Waals surface area contributed by atoms with Crippen molar-refractivity contribution in [3.05, 3.63) is 41.2 Å². The van der Waals surface area contributed by atoms with E-state index < -0.39 is 0 Å². The predicted octanol–water partition coefficient (Wildman–Crippen LogP) is 2.74. The highest BCUT2D eigenvalue weighted by atomic mass is 16.2. The van der Waals surface area contributed by atoms with Crippen molar-refractivity contribution in [2.75, 3.05) is 10.6 Å². The molecule has 0 bridgehead atoms. The Kier molecular flexibility index (Phi) is 4.14. The summed E-state index contributed by atoms with van der Waals surface area (Å²) in [6.07, 6.45) is 4.88. The number of aromatic nitrogens is 2. The molecule has 120 valence electrons. The zero-order valence-corrected chi connectivity index (χ0v) is 13.3. The molecule has 0 atom stereocenters. The summed E-state index contributed by atoms with van der Waals surface area (Å²) in [7, 11) is 0. The number of amides is 2. The molecular formula is C17H20N4O2. The Balaban J connectivity index is 1.81. The van der Waals surface area contributed by atoms with Gasteiger partial charge in [0.05, 0.1) is 17.6 Å². The first-order valence-electron chi connectivity index (χ1n) is 7.79. The number of hydrogen-bond donors (Lipinski definition) is 2. The third-order valence-corrected chi connectivity index (χ3v) is 4.04. The van der Waals surface area contributed by atoms with Crippen molar-refractivity contribution >= 4 is 23.2 Å². The van der Waals surface area contributed by atoms with Crippen LogP contribution in [-0.4, -0.2) is 21.6 Å². The monoisotopic (exact) mass is 312 g/mol. The average molecular weight is 312 g/mol. The standard InChI is InChI=1S/C17H20N4O2/c1-11-6-7-13(9-14(11)19-12(2)22)17(23)20-15-10-18-21-8-4-3-5-16(15)21/h6-7,9-10H,3-5,8H2,1-2H3,(H,19,22)(H,20,23). The van der Waals surface area contributed by atoms with Crippen LogP contribution in [0.15, 0.2) is 24.4 Å². The van der Waals surface area contributed by atoms with Gasteiger partial charge >= 0.3 is 0 Å². The maximum Gasteiger partial charge on any atom is 0.255 e. The number of nitrogens with one attached hydrogen (secondary N) is 2. The Morgan fingerprint density at radius 3 is 2.78 bits per heavy atom. The fourth-order valence-corrected chi connectivity index (χ4v) is 2.81. The number of aryl methyl sites for hydroxylation is 2. The first-order valence-corrected chi connectivity index (χ1v) is 7.79. The zero-order valence-electron chi connectivity index (χ0n) is 13.3. The second kappa shape index (κ2) is 6.24. The third kappa shape index (κ3) is 3.26. The van der Waals surface area contributed by atoms with Crippen LogP contribution in [0.3, 0.4) is 0 Å². The van der Waals surface area contributed by atoms with Gasteiger partial charge in [-0.1, -0.05) is 6.07 Å². The second-order valence-electron chi connectivity index (χ2n) is 5.85. The van der Waals surface area contributed by atoms with Gasteiger partial charge < -0.3 is 10.6 Å². The van der Waals surface area contributed by atoms with E-state index in [1.165, 1.54) is 6.92 Å². The minimum Gasteiger partial charge on any atom is -0.326 e. The molecule has 1 aromatic carbocycles. The SMILES string of the molecule is CC(=O)Nc1cc(C(=O)Nc2cnn3c2CCCC3)ccc1C. The quantitative estimate of drug-likeness (QED) is 0.915. The first-order chi connectivity index (χ1) is 11.0. The van der Waals surface area contributed by atoms with Crippen molar-refractivity contribution in [2.24, 2.45) is 0 Å². The molecule has 1 aliphatic heterocycles. The number of carbonyl (C=O) groups excluding carboxylic acids is 2. The number of rotatable bonds is 3. The molecule has 0 fully saturated rings. The van der Waals surface area contributed by atoms with E-state index in [1.54, 1.807) is 18.3 Å². The minimum absolute atomic E-state index is 0.156. The Morgan fingerprint density at radius 2 is 2.00 bits per heavy atom. The first kappa shape index (κ1) is 15.3. The average Bonchev–Trinajstić information content (AvgIpc) is 2.92. The number of fused-ring (bicyclic) bond motifs is 1. The van der Waals surface area contributed by atoms with E-state index in [0.717, 1.165) is 42.8 Å². The molecular weight excluding hydrogens is 292 g/mol. The van der Waals surface area contributed by atoms with Gasteiger partial charge in [-0.3, -0.25) is 14.3 Å². The Hall–Kier alpha value is -2.63. The normalized spacial score (nSPS) is 13.3. The molecule has 0 spiro atoms. The smallest absolute Gasteiger partial charge is 0.255 e. The van der Waals surface area contributed by atoms with Gasteiger partial charge in [-0.2, -0.15) is 5.10 Å². The summed E-state index contributed by atoms with van der Waals surface area (Å²) in [4.78, 5) is 23.7. The van der Waals surface area contributed by atoms with Crippen LogP contribution in [0.1, 0.15) is 41.4 Å². The second-order valence-corrected chi connectivity index (χ2v) is 5.85. The predicted molar refractivity (Wildman–Crippen MR) is 88.6 cm³/mol. The Morgan fingerprint density at radius 1 is 1.17 bits per heavy atom. The van der Waals surface area contributed by atoms with E-state index in [2.05, 4.69) is 15.7 Å². The van der Waals surface area contributed by atoms with Crippen molar-refractivity contribution in [3.8, 4) is 0 Å². The van der Waals surface area contributed by atoms with Gasteiger partial charge in [-0.25, -0.2) is 0 Å². The van der Waals surface area contributed by atoms with E-state index in [-0.39, 0.29) is 11.8 Å². The molecule has 6 nitrogen and oxygen atoms in total. The third-order valence-electron chi connectivity index (χ3n) is 4.04. The molecule has 3 rings (SSSR count). The summed E-state index contributed by atoms with van der Waals surface area (Å²) in [5, 5.41) is 9.99. The van der Waals surface area contributed by atoms with Crippen molar-refractivity contribution in [2.45, 2.75) is 39.7 Å². The summed E-state index contributed by atoms with van der Waals surface area (Å²) in [6, 6.07) is 5.28. The number of hydrogen-bond acceptors (Lipinski definition) is 3. The topological polar surface area (TPSA) is 76.0 Å². The van der Waals surface area contributed by atoms with Crippen molar-refractivity contribution < 1.29 is 9.59 Å². The van der Waals surface area contributed by atoms with Gasteiger partial charge in [0.1, 0.15) is 0 Å². The Bertz CT molecular complexity index is 764. The molecule has 23 heavy (non-hydrogen) atoms. The Labute approximate surface area is 134 Å². The maximum atomic E-state index is 12.5. The molecule has 0 radical (unpaired) electrons. The van der Waals surface area contributed by atoms with Crippen LogP contribution in [0.4, 0.5) is 11.4 Å². The van der Waals surface area contributed by atoms with Crippen LogP contribution in [0.25, 0.3) is 0 Å². The molecule has 2 aromatic rings. The van der Waals surface area contributed by atoms with Crippen LogP contribution in [-0.2, 0) is 17.8 Å². The number of anilines is 2. The lowest BCUT2D eigenvalue weighted by Gasteiger charge is -2.15. The van der Waals surface area contributed by atoms with Gasteiger partial charge in [0.25, 0.3) is 5.91 Å². The van der Waals surface area contributed by atoms with E-state index in [0.29, 0.717) is 11.3 Å². The molecule has 0 unspecified atom stereocenters. The summed E-state index contributed by atoms with van der Waals surface area (Å²) < 4.78 is 1.96. The molecule has 1 aromatic heterocycles. The van der Waals surface area contributed by atoms with Crippen molar-refractivity contribution in [1.29, 1.82) is 0 Å². The van der Waals surface area contributed by atoms with Gasteiger partial charge in [-0.05, 0) is 43.9 Å². The molecule has 2 heterocycles. The summed E-state index contributed by atoms with van der Waals surface area (Å²) in [6.45, 7) is 4.24. The molecule has 0 aliphatic carbocycles. The molecule has 0 saturated carbocycles. The zero-order chi connectivity index (χ0) is 16.4. The van der Waals surface area contributed by atoms with Crippen molar-refractivity contribution in [3.63, 3.8) is 0 Å². The molecule has 1 aliphatic rings. The molecule has 0 saturated heterocycles. The lowest BCUT2D eigenvalue weighted by molar-refractivity contribution is -0.114. The summed E-state index contributed by atoms with van der Waals surface area (Å²) in [5.41, 5.74) is 3.94. The highest BCUT2D eigenvalue weighted by Crippen LogP contribution is 2.23. The largest absolute Gasteiger partial charge is 0.326 e. The van der Waals surface area contributed by atoms with Crippen LogP contribution in [0, 0.1) is 6.92 Å². The molecule has 2 amide bonds. The highest BCUT2D eigenvalue weighted by molar-refractivity contribution is 6.05. The van der Waals surface area contributed by atoms with Crippen molar-refractivity contribution in [1.82, 2.24) is 9.78 Å². The summed E-state index contributed by atoms with van der Waals surface area (Å²) in [5.74, 6) is -0.352. The van der Waals surface area contributed by atoms with Crippen LogP contribution >= 0.6 is 0 Å². The van der Waals surface area contributed by atoms with Gasteiger partial charge in [0.2, 0.25) is 5.91 Å². The van der Waals surface area contributed by atoms with Gasteiger partial charge in [0.15, 0.2) is 0 Å². The molecule has 6 heteroatoms. The van der Waals surface area contributed by atoms with E-state index in [9.17, 15) is 9.59 Å². The molecule has 2 N–H and O–H groups in total. The van der Waals surface area contributed by atoms with Crippen LogP contribution in [0.2, 0.25) is 0 Å². The maximum absolute atomic E-state index is 12.5. The highest BCUT2D eigenvalue weighted by Gasteiger charge is 2.17. The fourth-order valence-electron chi connectivity index (χ4n) is 2.81. The number of benzene rings is 1. The minimum atomic E-state index is -0.196. The fraction of sp³-hybridized carbons (Fsp3) is 0.353. The van der Waals surface area contributed by atoms with E-state index in [4.69, 9.17) is 0 Å². The van der Waals surface area contributed by atoms with Gasteiger partial charge in [-0.15, -0.1) is 0 Å². The lowest BCUT2D eigenvalue weighted by atomic mass is 10.1. The van der Waals surface area contributed by atoms with Gasteiger partial charge in [0, 0.05) is 24.7 Å². The van der Waals surface area contributed by atoms with E-state index in [1.807, 2.05) is 17.7 Å².